The maximum absolute atomic E-state index is 11.8. The molecular formula is C13H16ClNO. The fourth-order valence-corrected chi connectivity index (χ4v) is 2.52. The van der Waals surface area contributed by atoms with Gasteiger partial charge in [0.2, 0.25) is 0 Å². The lowest BCUT2D eigenvalue weighted by Gasteiger charge is -2.39. The molecule has 3 unspecified atom stereocenters. The average molecular weight is 238 g/mol. The summed E-state index contributed by atoms with van der Waals surface area (Å²) in [7, 11) is 0. The summed E-state index contributed by atoms with van der Waals surface area (Å²) in [6.45, 7) is 4.59. The van der Waals surface area contributed by atoms with Gasteiger partial charge >= 0.3 is 0 Å². The maximum atomic E-state index is 11.8. The first kappa shape index (κ1) is 11.5. The number of ketones is 1. The lowest BCUT2D eigenvalue weighted by Crippen LogP contribution is -2.49. The first-order valence-electron chi connectivity index (χ1n) is 5.60. The first-order chi connectivity index (χ1) is 7.61. The van der Waals surface area contributed by atoms with Gasteiger partial charge in [-0.2, -0.15) is 0 Å². The molecule has 0 N–H and O–H groups in total. The minimum Gasteiger partial charge on any atom is -0.354 e. The second-order valence-corrected chi connectivity index (χ2v) is 4.90. The van der Waals surface area contributed by atoms with E-state index in [2.05, 4.69) is 4.90 Å². The molecule has 2 rings (SSSR count). The van der Waals surface area contributed by atoms with Crippen molar-refractivity contribution in [3.63, 3.8) is 0 Å². The van der Waals surface area contributed by atoms with Gasteiger partial charge in [-0.3, -0.25) is 4.79 Å². The molecule has 1 aliphatic rings. The molecule has 86 valence electrons. The largest absolute Gasteiger partial charge is 0.354 e. The van der Waals surface area contributed by atoms with E-state index < -0.39 is 0 Å². The van der Waals surface area contributed by atoms with Crippen molar-refractivity contribution >= 4 is 23.1 Å². The van der Waals surface area contributed by atoms with E-state index in [1.807, 2.05) is 44.2 Å². The molecule has 1 aromatic carbocycles. The van der Waals surface area contributed by atoms with Crippen molar-refractivity contribution in [3.8, 4) is 0 Å². The number of hydrogen-bond donors (Lipinski definition) is 0. The molecule has 1 heterocycles. The van der Waals surface area contributed by atoms with Crippen molar-refractivity contribution in [3.05, 3.63) is 30.3 Å². The van der Waals surface area contributed by atoms with E-state index in [4.69, 9.17) is 11.6 Å². The number of carbonyl (C=O) groups is 1. The van der Waals surface area contributed by atoms with Gasteiger partial charge in [0.05, 0.1) is 0 Å². The van der Waals surface area contributed by atoms with Gasteiger partial charge < -0.3 is 4.90 Å². The Morgan fingerprint density at radius 3 is 2.50 bits per heavy atom. The molecule has 0 aliphatic carbocycles. The number of carbonyl (C=O) groups excluding carboxylic acids is 1. The van der Waals surface area contributed by atoms with Crippen LogP contribution >= 0.6 is 11.6 Å². The van der Waals surface area contributed by atoms with Crippen LogP contribution in [0.5, 0.6) is 0 Å². The van der Waals surface area contributed by atoms with Crippen LogP contribution in [0.25, 0.3) is 0 Å². The third-order valence-corrected chi connectivity index (χ3v) is 3.82. The second-order valence-electron chi connectivity index (χ2n) is 4.45. The number of benzene rings is 1. The van der Waals surface area contributed by atoms with Gasteiger partial charge in [-0.1, -0.05) is 43.6 Å². The zero-order chi connectivity index (χ0) is 11.7. The molecule has 0 bridgehead atoms. The number of halogens is 1. The highest BCUT2D eigenvalue weighted by molar-refractivity contribution is 6.24. The maximum Gasteiger partial charge on any atom is 0.143 e. The van der Waals surface area contributed by atoms with Crippen molar-refractivity contribution in [2.24, 2.45) is 11.8 Å². The summed E-state index contributed by atoms with van der Waals surface area (Å²) in [6.07, 6.45) is 0. The highest BCUT2D eigenvalue weighted by Gasteiger charge is 2.36. The minimum atomic E-state index is -0.230. The molecule has 1 aliphatic heterocycles. The van der Waals surface area contributed by atoms with Crippen LogP contribution < -0.4 is 4.90 Å². The molecular weight excluding hydrogens is 222 g/mol. The summed E-state index contributed by atoms with van der Waals surface area (Å²) in [4.78, 5) is 13.9. The highest BCUT2D eigenvalue weighted by Crippen LogP contribution is 2.31. The van der Waals surface area contributed by atoms with E-state index >= 15 is 0 Å². The Hall–Kier alpha value is -1.02. The summed E-state index contributed by atoms with van der Waals surface area (Å²) < 4.78 is 0. The van der Waals surface area contributed by atoms with Crippen molar-refractivity contribution in [2.45, 2.75) is 19.3 Å². The summed E-state index contributed by atoms with van der Waals surface area (Å²) in [5.41, 5.74) is 0.861. The molecule has 0 aromatic heterocycles. The summed E-state index contributed by atoms with van der Waals surface area (Å²) in [6, 6.07) is 10.0. The Balaban J connectivity index is 2.26. The third kappa shape index (κ3) is 1.94. The van der Waals surface area contributed by atoms with Crippen LogP contribution in [-0.4, -0.2) is 17.8 Å². The Kier molecular flexibility index (Phi) is 3.20. The normalized spacial score (nSPS) is 30.6. The van der Waals surface area contributed by atoms with Gasteiger partial charge in [0.15, 0.2) is 0 Å². The van der Waals surface area contributed by atoms with E-state index in [9.17, 15) is 4.79 Å². The average Bonchev–Trinajstić information content (AvgIpc) is 2.32. The number of para-hydroxylation sites is 1. The molecule has 3 atom stereocenters. The van der Waals surface area contributed by atoms with Gasteiger partial charge in [-0.25, -0.2) is 0 Å². The monoisotopic (exact) mass is 237 g/mol. The minimum absolute atomic E-state index is 0.0604. The van der Waals surface area contributed by atoms with E-state index in [0.29, 0.717) is 6.54 Å². The molecule has 1 saturated heterocycles. The topological polar surface area (TPSA) is 20.3 Å². The van der Waals surface area contributed by atoms with Crippen LogP contribution in [-0.2, 0) is 4.79 Å². The molecule has 1 aromatic rings. The molecule has 0 spiro atoms. The van der Waals surface area contributed by atoms with E-state index in [1.165, 1.54) is 0 Å². The zero-order valence-corrected chi connectivity index (χ0v) is 10.3. The summed E-state index contributed by atoms with van der Waals surface area (Å²) >= 11 is 6.33. The van der Waals surface area contributed by atoms with Crippen LogP contribution in [0.15, 0.2) is 30.3 Å². The SMILES string of the molecule is CC1CN(c2ccccc2)C(Cl)C(C)C1=O. The van der Waals surface area contributed by atoms with Gasteiger partial charge in [-0.15, -0.1) is 0 Å². The van der Waals surface area contributed by atoms with Crippen LogP contribution in [0.1, 0.15) is 13.8 Å². The van der Waals surface area contributed by atoms with E-state index in [1.54, 1.807) is 0 Å². The summed E-state index contributed by atoms with van der Waals surface area (Å²) in [5.74, 6) is 0.225. The fourth-order valence-electron chi connectivity index (χ4n) is 2.21. The Labute approximate surface area is 101 Å². The lowest BCUT2D eigenvalue weighted by atomic mass is 9.89. The lowest BCUT2D eigenvalue weighted by molar-refractivity contribution is -0.126. The number of Topliss-reactive ketones (excluding diaryl/α,β-unsaturated/α-hetero) is 1. The number of hydrogen-bond acceptors (Lipinski definition) is 2. The molecule has 3 heteroatoms. The number of anilines is 1. The Morgan fingerprint density at radius 2 is 1.88 bits per heavy atom. The van der Waals surface area contributed by atoms with Crippen LogP contribution in [0.4, 0.5) is 5.69 Å². The highest BCUT2D eigenvalue weighted by atomic mass is 35.5. The number of piperidine rings is 1. The van der Waals surface area contributed by atoms with Crippen molar-refractivity contribution in [1.29, 1.82) is 0 Å². The van der Waals surface area contributed by atoms with Crippen molar-refractivity contribution in [1.82, 2.24) is 0 Å². The predicted octanol–water partition coefficient (Wildman–Crippen LogP) is 2.91. The number of nitrogens with zero attached hydrogens (tertiary/aromatic N) is 1. The van der Waals surface area contributed by atoms with E-state index in [0.717, 1.165) is 5.69 Å². The molecule has 0 radical (unpaired) electrons. The van der Waals surface area contributed by atoms with Crippen molar-refractivity contribution < 1.29 is 4.79 Å². The standard InChI is InChI=1S/C13H16ClNO/c1-9-8-15(11-6-4-3-5-7-11)13(14)10(2)12(9)16/h3-7,9-10,13H,8H2,1-2H3. The molecule has 2 nitrogen and oxygen atoms in total. The molecule has 0 amide bonds. The quantitative estimate of drug-likeness (QED) is 0.553. The van der Waals surface area contributed by atoms with Crippen LogP contribution in [0.2, 0.25) is 0 Å². The Morgan fingerprint density at radius 1 is 1.25 bits per heavy atom. The van der Waals surface area contributed by atoms with Gasteiger partial charge in [0, 0.05) is 24.1 Å². The third-order valence-electron chi connectivity index (χ3n) is 3.20. The van der Waals surface area contributed by atoms with E-state index in [-0.39, 0.29) is 23.1 Å². The first-order valence-corrected chi connectivity index (χ1v) is 6.04. The van der Waals surface area contributed by atoms with Crippen LogP contribution in [0.3, 0.4) is 0 Å². The summed E-state index contributed by atoms with van der Waals surface area (Å²) in [5, 5.41) is 0. The van der Waals surface area contributed by atoms with Gasteiger partial charge in [0.1, 0.15) is 11.3 Å². The zero-order valence-electron chi connectivity index (χ0n) is 9.56. The van der Waals surface area contributed by atoms with Gasteiger partial charge in [0.25, 0.3) is 0 Å². The molecule has 0 saturated carbocycles. The van der Waals surface area contributed by atoms with Crippen molar-refractivity contribution in [2.75, 3.05) is 11.4 Å². The number of alkyl halides is 1. The smallest absolute Gasteiger partial charge is 0.143 e. The molecule has 16 heavy (non-hydrogen) atoms. The Bertz CT molecular complexity index is 379. The predicted molar refractivity (Wildman–Crippen MR) is 66.8 cm³/mol. The van der Waals surface area contributed by atoms with Crippen LogP contribution in [0, 0.1) is 11.8 Å². The number of rotatable bonds is 1. The second kappa shape index (κ2) is 4.46. The molecule has 1 fully saturated rings. The fraction of sp³-hybridized carbons (Fsp3) is 0.462. The van der Waals surface area contributed by atoms with Gasteiger partial charge in [-0.05, 0) is 12.1 Å².